The van der Waals surface area contributed by atoms with Gasteiger partial charge in [-0.15, -0.1) is 0 Å². The van der Waals surface area contributed by atoms with Crippen LogP contribution < -0.4 is 21.3 Å². The lowest BCUT2D eigenvalue weighted by molar-refractivity contribution is -0.119. The highest BCUT2D eigenvalue weighted by molar-refractivity contribution is 5.98. The van der Waals surface area contributed by atoms with Gasteiger partial charge in [0.05, 0.1) is 6.04 Å². The number of rotatable bonds is 7. The van der Waals surface area contributed by atoms with Gasteiger partial charge in [-0.2, -0.15) is 4.98 Å². The maximum atomic E-state index is 12.3. The van der Waals surface area contributed by atoms with Crippen LogP contribution in [0, 0.1) is 5.41 Å². The molecule has 190 valence electrons. The summed E-state index contributed by atoms with van der Waals surface area (Å²) in [5.74, 6) is 0.208. The van der Waals surface area contributed by atoms with Crippen LogP contribution in [0.15, 0.2) is 54.7 Å². The fraction of sp³-hybridized carbons (Fsp3) is 0.321. The van der Waals surface area contributed by atoms with Gasteiger partial charge in [-0.25, -0.2) is 4.98 Å². The predicted octanol–water partition coefficient (Wildman–Crippen LogP) is 4.88. The van der Waals surface area contributed by atoms with Gasteiger partial charge in [0.1, 0.15) is 11.4 Å². The van der Waals surface area contributed by atoms with Crippen LogP contribution >= 0.6 is 0 Å². The summed E-state index contributed by atoms with van der Waals surface area (Å²) in [6.07, 6.45) is 7.70. The molecule has 0 spiro atoms. The van der Waals surface area contributed by atoms with Crippen molar-refractivity contribution in [1.29, 1.82) is 5.41 Å². The first-order valence-corrected chi connectivity index (χ1v) is 12.8. The second kappa shape index (κ2) is 10.8. The molecule has 2 aliphatic rings. The lowest BCUT2D eigenvalue weighted by atomic mass is 9.93. The summed E-state index contributed by atoms with van der Waals surface area (Å²) < 4.78 is 0. The average Bonchev–Trinajstić information content (AvgIpc) is 2.91. The molecule has 9 heteroatoms. The Kier molecular flexibility index (Phi) is 7.11. The van der Waals surface area contributed by atoms with E-state index in [0.717, 1.165) is 67.6 Å². The van der Waals surface area contributed by atoms with Crippen LogP contribution in [0.5, 0.6) is 0 Å². The Balaban J connectivity index is 1.36. The molecule has 2 aromatic carbocycles. The maximum Gasteiger partial charge on any atom is 0.254 e. The molecule has 2 heterocycles. The van der Waals surface area contributed by atoms with Gasteiger partial charge in [-0.1, -0.05) is 30.7 Å². The number of nitrogens with two attached hydrogens (primary N) is 1. The third-order valence-electron chi connectivity index (χ3n) is 6.93. The summed E-state index contributed by atoms with van der Waals surface area (Å²) >= 11 is 0. The molecule has 3 aromatic rings. The topological polar surface area (TPSA) is 137 Å². The maximum absolute atomic E-state index is 12.3. The molecule has 1 aliphatic heterocycles. The van der Waals surface area contributed by atoms with Crippen molar-refractivity contribution in [2.75, 3.05) is 22.1 Å². The van der Waals surface area contributed by atoms with Crippen molar-refractivity contribution in [2.24, 2.45) is 5.73 Å². The standard InChI is InChI=1S/C28H31N7O2/c29-23-8-1-2-9-24(23)33-28-31-17-22(26(30)37)27(34-28)32-20-7-5-6-19(16-20)18-11-13-21(14-12-18)35-15-4-3-10-25(35)36/h5-7,11-14,16-17,24,29H,1-4,8-10,15H2,(H2,30,37)(H2,31,32,33,34)/t24-/m1/s1. The van der Waals surface area contributed by atoms with E-state index in [1.54, 1.807) is 0 Å². The highest BCUT2D eigenvalue weighted by atomic mass is 16.2. The van der Waals surface area contributed by atoms with Gasteiger partial charge in [0, 0.05) is 36.2 Å². The summed E-state index contributed by atoms with van der Waals surface area (Å²) in [6, 6.07) is 15.7. The zero-order valence-corrected chi connectivity index (χ0v) is 20.7. The minimum Gasteiger partial charge on any atom is -0.365 e. The molecule has 2 amide bonds. The number of amides is 2. The first-order chi connectivity index (χ1) is 18.0. The fourth-order valence-corrected chi connectivity index (χ4v) is 4.88. The van der Waals surface area contributed by atoms with Crippen LogP contribution in [0.1, 0.15) is 55.3 Å². The second-order valence-corrected chi connectivity index (χ2v) is 9.54. The van der Waals surface area contributed by atoms with E-state index >= 15 is 0 Å². The lowest BCUT2D eigenvalue weighted by Crippen LogP contribution is -2.35. The van der Waals surface area contributed by atoms with Gasteiger partial charge in [-0.05, 0) is 67.5 Å². The summed E-state index contributed by atoms with van der Waals surface area (Å²) in [6.45, 7) is 0.761. The van der Waals surface area contributed by atoms with Crippen molar-refractivity contribution in [2.45, 2.75) is 51.0 Å². The molecular formula is C28H31N7O2. The van der Waals surface area contributed by atoms with E-state index in [1.165, 1.54) is 6.20 Å². The molecule has 2 fully saturated rings. The van der Waals surface area contributed by atoms with Crippen LogP contribution in [-0.2, 0) is 4.79 Å². The minimum atomic E-state index is -0.626. The number of benzene rings is 2. The number of primary amides is 1. The smallest absolute Gasteiger partial charge is 0.254 e. The van der Waals surface area contributed by atoms with Crippen LogP contribution in [0.25, 0.3) is 11.1 Å². The number of nitrogens with one attached hydrogen (secondary N) is 3. The molecule has 5 rings (SSSR count). The minimum absolute atomic E-state index is 0.104. The van der Waals surface area contributed by atoms with Crippen molar-refractivity contribution >= 4 is 40.7 Å². The van der Waals surface area contributed by atoms with Crippen LogP contribution in [0.4, 0.5) is 23.1 Å². The number of hydrogen-bond donors (Lipinski definition) is 4. The summed E-state index contributed by atoms with van der Waals surface area (Å²) in [5.41, 5.74) is 10.1. The number of nitrogens with zero attached hydrogens (tertiary/aromatic N) is 3. The molecule has 1 saturated heterocycles. The zero-order chi connectivity index (χ0) is 25.8. The van der Waals surface area contributed by atoms with Crippen molar-refractivity contribution in [3.8, 4) is 11.1 Å². The van der Waals surface area contributed by atoms with Crippen LogP contribution in [-0.4, -0.2) is 40.1 Å². The summed E-state index contributed by atoms with van der Waals surface area (Å²) in [4.78, 5) is 34.9. The van der Waals surface area contributed by atoms with Crippen molar-refractivity contribution in [3.63, 3.8) is 0 Å². The third-order valence-corrected chi connectivity index (χ3v) is 6.93. The Labute approximate surface area is 216 Å². The average molecular weight is 498 g/mol. The Bertz CT molecular complexity index is 1320. The Morgan fingerprint density at radius 2 is 1.84 bits per heavy atom. The molecule has 0 unspecified atom stereocenters. The molecule has 37 heavy (non-hydrogen) atoms. The zero-order valence-electron chi connectivity index (χ0n) is 20.7. The van der Waals surface area contributed by atoms with Crippen molar-refractivity contribution in [1.82, 2.24) is 9.97 Å². The summed E-state index contributed by atoms with van der Waals surface area (Å²) in [7, 11) is 0. The first-order valence-electron chi connectivity index (χ1n) is 12.8. The molecule has 1 aliphatic carbocycles. The molecule has 0 bridgehead atoms. The molecule has 9 nitrogen and oxygen atoms in total. The van der Waals surface area contributed by atoms with Gasteiger partial charge in [0.25, 0.3) is 5.91 Å². The van der Waals surface area contributed by atoms with Gasteiger partial charge in [0.2, 0.25) is 11.9 Å². The lowest BCUT2D eigenvalue weighted by Gasteiger charge is -2.26. The van der Waals surface area contributed by atoms with E-state index < -0.39 is 5.91 Å². The monoisotopic (exact) mass is 497 g/mol. The predicted molar refractivity (Wildman–Crippen MR) is 146 cm³/mol. The Morgan fingerprint density at radius 3 is 2.59 bits per heavy atom. The van der Waals surface area contributed by atoms with E-state index in [-0.39, 0.29) is 17.5 Å². The Hall–Kier alpha value is -4.27. The molecule has 0 radical (unpaired) electrons. The van der Waals surface area contributed by atoms with Crippen LogP contribution in [0.3, 0.4) is 0 Å². The second-order valence-electron chi connectivity index (χ2n) is 9.54. The third kappa shape index (κ3) is 5.61. The normalized spacial score (nSPS) is 17.9. The number of aromatic nitrogens is 2. The number of piperidine rings is 1. The van der Waals surface area contributed by atoms with E-state index in [2.05, 4.69) is 20.6 Å². The van der Waals surface area contributed by atoms with Gasteiger partial charge in [0.15, 0.2) is 0 Å². The van der Waals surface area contributed by atoms with E-state index in [4.69, 9.17) is 11.1 Å². The number of hydrogen-bond acceptors (Lipinski definition) is 7. The van der Waals surface area contributed by atoms with E-state index in [1.807, 2.05) is 53.4 Å². The SMILES string of the molecule is N=C1CCCC[C@H]1Nc1ncc(C(N)=O)c(Nc2cccc(-c3ccc(N4CCCCC4=O)cc3)c2)n1. The molecule has 1 saturated carbocycles. The van der Waals surface area contributed by atoms with E-state index in [9.17, 15) is 9.59 Å². The summed E-state index contributed by atoms with van der Waals surface area (Å²) in [5, 5.41) is 14.7. The quantitative estimate of drug-likeness (QED) is 0.367. The number of anilines is 4. The first kappa shape index (κ1) is 24.4. The van der Waals surface area contributed by atoms with Crippen LogP contribution in [0.2, 0.25) is 0 Å². The molecule has 1 atom stereocenters. The van der Waals surface area contributed by atoms with Crippen molar-refractivity contribution < 1.29 is 9.59 Å². The van der Waals surface area contributed by atoms with Crippen molar-refractivity contribution in [3.05, 3.63) is 60.3 Å². The van der Waals surface area contributed by atoms with E-state index in [0.29, 0.717) is 23.9 Å². The Morgan fingerprint density at radius 1 is 1.03 bits per heavy atom. The number of carbonyl (C=O) groups is 2. The molecule has 5 N–H and O–H groups in total. The fourth-order valence-electron chi connectivity index (χ4n) is 4.88. The molecular weight excluding hydrogens is 466 g/mol. The highest BCUT2D eigenvalue weighted by Gasteiger charge is 2.21. The highest BCUT2D eigenvalue weighted by Crippen LogP contribution is 2.29. The van der Waals surface area contributed by atoms with Gasteiger partial charge >= 0.3 is 0 Å². The number of carbonyl (C=O) groups excluding carboxylic acids is 2. The molecule has 1 aromatic heterocycles. The van der Waals surface area contributed by atoms with Gasteiger partial charge in [-0.3, -0.25) is 9.59 Å². The largest absolute Gasteiger partial charge is 0.365 e. The van der Waals surface area contributed by atoms with Gasteiger partial charge < -0.3 is 26.7 Å².